The summed E-state index contributed by atoms with van der Waals surface area (Å²) in [5, 5.41) is 3.47. The summed E-state index contributed by atoms with van der Waals surface area (Å²) in [6.45, 7) is 5.48. The molecule has 3 nitrogen and oxygen atoms in total. The standard InChI is InChI=1S/C13H19N3/c1-13(2)5-11(13)12-15-7-9(8-16-12)6-14-10-3-4-10/h7-8,10-11,14H,3-6H2,1-2H3. The van der Waals surface area contributed by atoms with Gasteiger partial charge in [0.2, 0.25) is 0 Å². The van der Waals surface area contributed by atoms with Crippen LogP contribution in [0.4, 0.5) is 0 Å². The molecule has 1 aromatic rings. The Morgan fingerprint density at radius 3 is 2.44 bits per heavy atom. The lowest BCUT2D eigenvalue weighted by Crippen LogP contribution is -2.15. The van der Waals surface area contributed by atoms with Crippen molar-refractivity contribution in [2.75, 3.05) is 0 Å². The number of rotatable bonds is 4. The van der Waals surface area contributed by atoms with Crippen LogP contribution in [0.15, 0.2) is 12.4 Å². The van der Waals surface area contributed by atoms with Gasteiger partial charge in [0.25, 0.3) is 0 Å². The molecular formula is C13H19N3. The Morgan fingerprint density at radius 1 is 1.31 bits per heavy atom. The van der Waals surface area contributed by atoms with Crippen molar-refractivity contribution in [1.82, 2.24) is 15.3 Å². The molecule has 16 heavy (non-hydrogen) atoms. The van der Waals surface area contributed by atoms with E-state index in [9.17, 15) is 0 Å². The third-order valence-electron chi connectivity index (χ3n) is 3.72. The summed E-state index contributed by atoms with van der Waals surface area (Å²) in [6.07, 6.45) is 7.84. The van der Waals surface area contributed by atoms with E-state index in [1.165, 1.54) is 24.8 Å². The minimum atomic E-state index is 0.424. The average molecular weight is 217 g/mol. The van der Waals surface area contributed by atoms with Crippen molar-refractivity contribution in [3.8, 4) is 0 Å². The first-order valence-electron chi connectivity index (χ1n) is 6.19. The Morgan fingerprint density at radius 2 is 1.94 bits per heavy atom. The number of nitrogens with one attached hydrogen (secondary N) is 1. The summed E-state index contributed by atoms with van der Waals surface area (Å²) < 4.78 is 0. The minimum absolute atomic E-state index is 0.424. The molecule has 2 aliphatic carbocycles. The molecule has 1 heterocycles. The fraction of sp³-hybridized carbons (Fsp3) is 0.692. The van der Waals surface area contributed by atoms with Gasteiger partial charge in [0, 0.05) is 36.5 Å². The molecule has 0 saturated heterocycles. The van der Waals surface area contributed by atoms with E-state index >= 15 is 0 Å². The maximum Gasteiger partial charge on any atom is 0.131 e. The second kappa shape index (κ2) is 3.52. The number of nitrogens with zero attached hydrogens (tertiary/aromatic N) is 2. The molecule has 2 aliphatic rings. The van der Waals surface area contributed by atoms with Gasteiger partial charge in [-0.1, -0.05) is 13.8 Å². The molecule has 2 fully saturated rings. The van der Waals surface area contributed by atoms with Gasteiger partial charge in [-0.15, -0.1) is 0 Å². The molecule has 0 bridgehead atoms. The number of aromatic nitrogens is 2. The van der Waals surface area contributed by atoms with Crippen LogP contribution in [0.2, 0.25) is 0 Å². The van der Waals surface area contributed by atoms with Crippen LogP contribution in [-0.4, -0.2) is 16.0 Å². The molecule has 0 radical (unpaired) electrons. The van der Waals surface area contributed by atoms with Crippen molar-refractivity contribution in [2.45, 2.75) is 51.6 Å². The maximum atomic E-state index is 4.48. The van der Waals surface area contributed by atoms with Crippen molar-refractivity contribution in [2.24, 2.45) is 5.41 Å². The Balaban J connectivity index is 1.61. The van der Waals surface area contributed by atoms with Crippen LogP contribution >= 0.6 is 0 Å². The van der Waals surface area contributed by atoms with E-state index < -0.39 is 0 Å². The van der Waals surface area contributed by atoms with Gasteiger partial charge >= 0.3 is 0 Å². The van der Waals surface area contributed by atoms with E-state index in [4.69, 9.17) is 0 Å². The van der Waals surface area contributed by atoms with Gasteiger partial charge in [-0.2, -0.15) is 0 Å². The van der Waals surface area contributed by atoms with E-state index in [1.54, 1.807) is 0 Å². The third kappa shape index (κ3) is 2.09. The van der Waals surface area contributed by atoms with E-state index in [-0.39, 0.29) is 0 Å². The van der Waals surface area contributed by atoms with Crippen LogP contribution < -0.4 is 5.32 Å². The second-order valence-electron chi connectivity index (χ2n) is 5.85. The second-order valence-corrected chi connectivity index (χ2v) is 5.85. The van der Waals surface area contributed by atoms with Crippen molar-refractivity contribution >= 4 is 0 Å². The zero-order valence-electron chi connectivity index (χ0n) is 10.0. The van der Waals surface area contributed by atoms with Gasteiger partial charge in [-0.3, -0.25) is 0 Å². The van der Waals surface area contributed by atoms with Crippen LogP contribution in [0.5, 0.6) is 0 Å². The minimum Gasteiger partial charge on any atom is -0.310 e. The topological polar surface area (TPSA) is 37.8 Å². The summed E-state index contributed by atoms with van der Waals surface area (Å²) >= 11 is 0. The van der Waals surface area contributed by atoms with Crippen molar-refractivity contribution in [1.29, 1.82) is 0 Å². The van der Waals surface area contributed by atoms with Gasteiger partial charge in [0.05, 0.1) is 0 Å². The summed E-state index contributed by atoms with van der Waals surface area (Å²) in [7, 11) is 0. The van der Waals surface area contributed by atoms with Crippen LogP contribution in [0, 0.1) is 5.41 Å². The van der Waals surface area contributed by atoms with Crippen LogP contribution in [0.3, 0.4) is 0 Å². The quantitative estimate of drug-likeness (QED) is 0.840. The maximum absolute atomic E-state index is 4.48. The summed E-state index contributed by atoms with van der Waals surface area (Å²) in [5.74, 6) is 1.61. The first kappa shape index (κ1) is 10.2. The van der Waals surface area contributed by atoms with Gasteiger partial charge in [-0.25, -0.2) is 9.97 Å². The van der Waals surface area contributed by atoms with Gasteiger partial charge in [-0.05, 0) is 24.7 Å². The highest BCUT2D eigenvalue weighted by Gasteiger charge is 2.48. The summed E-state index contributed by atoms with van der Waals surface area (Å²) in [6, 6.07) is 0.752. The van der Waals surface area contributed by atoms with Crippen molar-refractivity contribution in [3.05, 3.63) is 23.8 Å². The Bertz CT molecular complexity index is 379. The summed E-state index contributed by atoms with van der Waals surface area (Å²) in [4.78, 5) is 8.97. The highest BCUT2D eigenvalue weighted by molar-refractivity contribution is 5.17. The fourth-order valence-electron chi connectivity index (χ4n) is 2.09. The lowest BCUT2D eigenvalue weighted by Gasteiger charge is -2.04. The largest absolute Gasteiger partial charge is 0.310 e. The molecule has 0 amide bonds. The van der Waals surface area contributed by atoms with E-state index in [0.29, 0.717) is 11.3 Å². The fourth-order valence-corrected chi connectivity index (χ4v) is 2.09. The monoisotopic (exact) mass is 217 g/mol. The lowest BCUT2D eigenvalue weighted by molar-refractivity contribution is 0.606. The molecule has 1 N–H and O–H groups in total. The van der Waals surface area contributed by atoms with E-state index in [2.05, 4.69) is 29.1 Å². The third-order valence-corrected chi connectivity index (χ3v) is 3.72. The molecule has 1 unspecified atom stereocenters. The zero-order valence-corrected chi connectivity index (χ0v) is 10.0. The number of hydrogen-bond acceptors (Lipinski definition) is 3. The smallest absolute Gasteiger partial charge is 0.131 e. The molecule has 2 saturated carbocycles. The zero-order chi connectivity index (χ0) is 11.2. The summed E-state index contributed by atoms with van der Waals surface area (Å²) in [5.41, 5.74) is 1.63. The molecule has 3 rings (SSSR count). The molecule has 86 valence electrons. The van der Waals surface area contributed by atoms with E-state index in [1.807, 2.05) is 12.4 Å². The Labute approximate surface area is 96.7 Å². The molecule has 0 aromatic carbocycles. The Kier molecular flexibility index (Phi) is 2.25. The van der Waals surface area contributed by atoms with E-state index in [0.717, 1.165) is 18.4 Å². The molecule has 3 heteroatoms. The molecule has 1 aromatic heterocycles. The first-order valence-corrected chi connectivity index (χ1v) is 6.19. The number of hydrogen-bond donors (Lipinski definition) is 1. The van der Waals surface area contributed by atoms with Gasteiger partial charge < -0.3 is 5.32 Å². The highest BCUT2D eigenvalue weighted by atomic mass is 15.0. The van der Waals surface area contributed by atoms with Crippen molar-refractivity contribution in [3.63, 3.8) is 0 Å². The molecular weight excluding hydrogens is 198 g/mol. The Hall–Kier alpha value is -0.960. The first-order chi connectivity index (χ1) is 7.65. The van der Waals surface area contributed by atoms with Crippen LogP contribution in [-0.2, 0) is 6.54 Å². The predicted molar refractivity (Wildman–Crippen MR) is 63.0 cm³/mol. The van der Waals surface area contributed by atoms with Crippen LogP contribution in [0.25, 0.3) is 0 Å². The molecule has 1 atom stereocenters. The van der Waals surface area contributed by atoms with Crippen molar-refractivity contribution < 1.29 is 0 Å². The van der Waals surface area contributed by atoms with Gasteiger partial charge in [0.15, 0.2) is 0 Å². The molecule has 0 aliphatic heterocycles. The highest BCUT2D eigenvalue weighted by Crippen LogP contribution is 2.57. The average Bonchev–Trinajstić information content (AvgIpc) is 3.15. The predicted octanol–water partition coefficient (Wildman–Crippen LogP) is 2.24. The lowest BCUT2D eigenvalue weighted by atomic mass is 10.1. The molecule has 0 spiro atoms. The van der Waals surface area contributed by atoms with Crippen LogP contribution in [0.1, 0.15) is 50.4 Å². The van der Waals surface area contributed by atoms with Gasteiger partial charge in [0.1, 0.15) is 5.82 Å². The SMILES string of the molecule is CC1(C)CC1c1ncc(CNC2CC2)cn1. The normalized spacial score (nSPS) is 26.8.